The van der Waals surface area contributed by atoms with Gasteiger partial charge in [0.2, 0.25) is 5.91 Å². The molecule has 0 radical (unpaired) electrons. The third kappa shape index (κ3) is 3.22. The molecule has 0 unspecified atom stereocenters. The van der Waals surface area contributed by atoms with Gasteiger partial charge in [0.05, 0.1) is 21.2 Å². The number of pyridine rings is 1. The van der Waals surface area contributed by atoms with Crippen molar-refractivity contribution in [2.75, 3.05) is 23.3 Å². The third-order valence-corrected chi connectivity index (χ3v) is 6.25. The Kier molecular flexibility index (Phi) is 4.69. The van der Waals surface area contributed by atoms with Crippen LogP contribution in [0, 0.1) is 17.8 Å². The summed E-state index contributed by atoms with van der Waals surface area (Å²) in [5, 5.41) is 3.98. The van der Waals surface area contributed by atoms with E-state index in [1.54, 1.807) is 0 Å². The van der Waals surface area contributed by atoms with Gasteiger partial charge in [0.1, 0.15) is 5.65 Å². The number of hydrogen-bond acceptors (Lipinski definition) is 4. The number of hydrogen-bond donors (Lipinski definition) is 3. The maximum Gasteiger partial charge on any atom is 0.226 e. The minimum absolute atomic E-state index is 0.000897. The first kappa shape index (κ1) is 17.8. The second-order valence-electron chi connectivity index (χ2n) is 7.92. The van der Waals surface area contributed by atoms with Gasteiger partial charge in [0.15, 0.2) is 0 Å². The number of nitrogens with two attached hydrogens (primary N) is 1. The molecule has 7 heteroatoms. The van der Waals surface area contributed by atoms with Crippen molar-refractivity contribution >= 4 is 44.2 Å². The van der Waals surface area contributed by atoms with E-state index in [0.717, 1.165) is 52.3 Å². The molecule has 6 nitrogen and oxygen atoms in total. The van der Waals surface area contributed by atoms with Crippen LogP contribution in [0.1, 0.15) is 33.1 Å². The molecule has 2 aromatic rings. The fourth-order valence-electron chi connectivity index (χ4n) is 4.05. The van der Waals surface area contributed by atoms with E-state index in [-0.39, 0.29) is 17.9 Å². The Hall–Kier alpha value is -1.60. The van der Waals surface area contributed by atoms with Crippen molar-refractivity contribution in [3.05, 3.63) is 16.9 Å². The Labute approximate surface area is 162 Å². The summed E-state index contributed by atoms with van der Waals surface area (Å²) in [6.45, 7) is 5.60. The molecule has 0 bridgehead atoms. The fraction of sp³-hybridized carbons (Fsp3) is 0.579. The van der Waals surface area contributed by atoms with Gasteiger partial charge in [0, 0.05) is 37.4 Å². The zero-order valence-electron chi connectivity index (χ0n) is 15.3. The lowest BCUT2D eigenvalue weighted by molar-refractivity contribution is -0.118. The number of nitrogens with one attached hydrogen (secondary N) is 2. The van der Waals surface area contributed by atoms with Crippen molar-refractivity contribution in [1.82, 2.24) is 9.97 Å². The molecule has 2 fully saturated rings. The van der Waals surface area contributed by atoms with Crippen LogP contribution < -0.4 is 16.0 Å². The third-order valence-electron chi connectivity index (χ3n) is 5.67. The van der Waals surface area contributed by atoms with Gasteiger partial charge in [-0.15, -0.1) is 0 Å². The molecule has 2 atom stereocenters. The van der Waals surface area contributed by atoms with Crippen molar-refractivity contribution < 1.29 is 4.79 Å². The van der Waals surface area contributed by atoms with Crippen LogP contribution in [-0.4, -0.2) is 35.0 Å². The highest BCUT2D eigenvalue weighted by molar-refractivity contribution is 9.10. The zero-order chi connectivity index (χ0) is 18.4. The van der Waals surface area contributed by atoms with Gasteiger partial charge in [-0.05, 0) is 47.0 Å². The number of anilines is 2. The Morgan fingerprint density at radius 3 is 2.85 bits per heavy atom. The van der Waals surface area contributed by atoms with E-state index in [2.05, 4.69) is 36.1 Å². The van der Waals surface area contributed by atoms with Crippen LogP contribution in [0.4, 0.5) is 11.4 Å². The van der Waals surface area contributed by atoms with E-state index in [0.29, 0.717) is 5.92 Å². The van der Waals surface area contributed by atoms with Crippen LogP contribution in [0.25, 0.3) is 11.0 Å². The summed E-state index contributed by atoms with van der Waals surface area (Å²) in [5.74, 6) is 1.40. The highest BCUT2D eigenvalue weighted by atomic mass is 79.9. The maximum atomic E-state index is 12.2. The lowest BCUT2D eigenvalue weighted by atomic mass is 9.87. The number of carbonyl (C=O) groups excluding carboxylic acids is 1. The van der Waals surface area contributed by atoms with Gasteiger partial charge < -0.3 is 20.9 Å². The van der Waals surface area contributed by atoms with Gasteiger partial charge in [0.25, 0.3) is 0 Å². The number of fused-ring (bicyclic) bond motifs is 1. The molecule has 1 aliphatic heterocycles. The molecular formula is C19H26BrN5O. The molecule has 1 amide bonds. The molecule has 1 saturated carbocycles. The predicted molar refractivity (Wildman–Crippen MR) is 108 cm³/mol. The number of halogens is 1. The first-order chi connectivity index (χ1) is 12.5. The number of aromatic nitrogens is 2. The monoisotopic (exact) mass is 419 g/mol. The van der Waals surface area contributed by atoms with Crippen LogP contribution in [-0.2, 0) is 4.79 Å². The number of aromatic amines is 1. The molecule has 0 aromatic carbocycles. The number of piperidine rings is 1. The Morgan fingerprint density at radius 1 is 1.42 bits per heavy atom. The number of carbonyl (C=O) groups is 1. The van der Waals surface area contributed by atoms with Gasteiger partial charge in [-0.3, -0.25) is 4.79 Å². The Morgan fingerprint density at radius 2 is 2.19 bits per heavy atom. The summed E-state index contributed by atoms with van der Waals surface area (Å²) < 4.78 is 0.932. The van der Waals surface area contributed by atoms with Crippen molar-refractivity contribution in [3.63, 3.8) is 0 Å². The molecule has 3 heterocycles. The molecule has 1 saturated heterocycles. The first-order valence-corrected chi connectivity index (χ1v) is 10.2. The summed E-state index contributed by atoms with van der Waals surface area (Å²) in [6, 6.07) is 0.194. The number of H-pyrrole nitrogens is 1. The van der Waals surface area contributed by atoms with Crippen LogP contribution in [0.2, 0.25) is 0 Å². The van der Waals surface area contributed by atoms with Crippen molar-refractivity contribution in [3.8, 4) is 0 Å². The SMILES string of the molecule is CC(C)C(=O)Nc1c[nH]c2ncc(Br)c(N3CC[C@H](C4CC4)[C@@H](N)C3)c12. The summed E-state index contributed by atoms with van der Waals surface area (Å²) in [5.41, 5.74) is 9.15. The lowest BCUT2D eigenvalue weighted by Crippen LogP contribution is -2.49. The summed E-state index contributed by atoms with van der Waals surface area (Å²) in [4.78, 5) is 22.2. The highest BCUT2D eigenvalue weighted by Gasteiger charge is 2.38. The minimum Gasteiger partial charge on any atom is -0.368 e. The zero-order valence-corrected chi connectivity index (χ0v) is 16.8. The Bertz CT molecular complexity index is 829. The standard InChI is InChI=1S/C19H26BrN5O/c1-10(2)19(26)24-15-8-23-18-16(15)17(13(20)7-22-18)25-6-5-12(11-3-4-11)14(21)9-25/h7-8,10-12,14H,3-6,9,21H2,1-2H3,(H,22,23)(H,24,26)/t12-,14+/m1/s1. The van der Waals surface area contributed by atoms with Crippen molar-refractivity contribution in [2.24, 2.45) is 23.5 Å². The summed E-state index contributed by atoms with van der Waals surface area (Å²) >= 11 is 3.67. The van der Waals surface area contributed by atoms with Crippen molar-refractivity contribution in [1.29, 1.82) is 0 Å². The molecule has 2 aromatic heterocycles. The van der Waals surface area contributed by atoms with Crippen molar-refractivity contribution in [2.45, 2.75) is 39.2 Å². The number of nitrogens with zero attached hydrogens (tertiary/aromatic N) is 2. The molecule has 140 valence electrons. The normalized spacial score (nSPS) is 23.7. The maximum absolute atomic E-state index is 12.2. The second kappa shape index (κ2) is 6.85. The van der Waals surface area contributed by atoms with Crippen LogP contribution in [0.15, 0.2) is 16.9 Å². The van der Waals surface area contributed by atoms with Gasteiger partial charge in [-0.25, -0.2) is 4.98 Å². The first-order valence-electron chi connectivity index (χ1n) is 9.42. The fourth-order valence-corrected chi connectivity index (χ4v) is 4.60. The summed E-state index contributed by atoms with van der Waals surface area (Å²) in [6.07, 6.45) is 7.45. The molecule has 4 rings (SSSR count). The van der Waals surface area contributed by atoms with E-state index in [9.17, 15) is 4.79 Å². The molecule has 4 N–H and O–H groups in total. The smallest absolute Gasteiger partial charge is 0.226 e. The van der Waals surface area contributed by atoms with Crippen LogP contribution in [0.3, 0.4) is 0 Å². The molecule has 1 aliphatic carbocycles. The second-order valence-corrected chi connectivity index (χ2v) is 8.78. The van der Waals surface area contributed by atoms with E-state index < -0.39 is 0 Å². The highest BCUT2D eigenvalue weighted by Crippen LogP contribution is 2.44. The largest absolute Gasteiger partial charge is 0.368 e. The van der Waals surface area contributed by atoms with E-state index in [1.807, 2.05) is 26.2 Å². The van der Waals surface area contributed by atoms with Gasteiger partial charge in [-0.1, -0.05) is 13.8 Å². The molecule has 2 aliphatic rings. The Balaban J connectivity index is 1.68. The number of amides is 1. The van der Waals surface area contributed by atoms with E-state index in [1.165, 1.54) is 12.8 Å². The quantitative estimate of drug-likeness (QED) is 0.707. The number of rotatable bonds is 4. The lowest BCUT2D eigenvalue weighted by Gasteiger charge is -2.39. The van der Waals surface area contributed by atoms with Crippen LogP contribution in [0.5, 0.6) is 0 Å². The van der Waals surface area contributed by atoms with Crippen LogP contribution >= 0.6 is 15.9 Å². The minimum atomic E-state index is -0.0776. The summed E-state index contributed by atoms with van der Waals surface area (Å²) in [7, 11) is 0. The van der Waals surface area contributed by atoms with Gasteiger partial charge in [-0.2, -0.15) is 0 Å². The molecule has 26 heavy (non-hydrogen) atoms. The molecule has 0 spiro atoms. The average Bonchev–Trinajstić information content (AvgIpc) is 3.36. The predicted octanol–water partition coefficient (Wildman–Crippen LogP) is 3.48. The topological polar surface area (TPSA) is 87.0 Å². The molecular weight excluding hydrogens is 394 g/mol. The van der Waals surface area contributed by atoms with E-state index >= 15 is 0 Å². The average molecular weight is 420 g/mol. The van der Waals surface area contributed by atoms with Gasteiger partial charge >= 0.3 is 0 Å². The van der Waals surface area contributed by atoms with E-state index in [4.69, 9.17) is 5.73 Å².